The zero-order chi connectivity index (χ0) is 17.7. The van der Waals surface area contributed by atoms with E-state index in [-0.39, 0.29) is 11.1 Å². The van der Waals surface area contributed by atoms with E-state index in [1.165, 1.54) is 43.8 Å². The highest BCUT2D eigenvalue weighted by atomic mass is 16.5. The number of piperidine rings is 1. The molecule has 1 aliphatic heterocycles. The lowest BCUT2D eigenvalue weighted by atomic mass is 9.68. The van der Waals surface area contributed by atoms with Gasteiger partial charge in [0.25, 0.3) is 0 Å². The van der Waals surface area contributed by atoms with Crippen LogP contribution in [0, 0.1) is 5.92 Å². The summed E-state index contributed by atoms with van der Waals surface area (Å²) in [6, 6.07) is 0.535. The van der Waals surface area contributed by atoms with Crippen LogP contribution in [0.25, 0.3) is 0 Å². The summed E-state index contributed by atoms with van der Waals surface area (Å²) in [6.07, 6.45) is 7.89. The first kappa shape index (κ1) is 20.9. The Morgan fingerprint density at radius 2 is 1.52 bits per heavy atom. The fourth-order valence-corrected chi connectivity index (χ4v) is 4.29. The maximum absolute atomic E-state index is 13.1. The molecule has 0 aromatic rings. The molecule has 4 atom stereocenters. The smallest absolute Gasteiger partial charge is 0.0509 e. The predicted octanol–water partition coefficient (Wildman–Crippen LogP) is 5.28. The molecule has 0 aromatic carbocycles. The second-order valence-electron chi connectivity index (χ2n) is 8.16. The Bertz CT molecular complexity index is 341. The molecule has 0 spiro atoms. The van der Waals surface area contributed by atoms with Gasteiger partial charge in [-0.1, -0.05) is 47.5 Å². The van der Waals surface area contributed by atoms with Crippen molar-refractivity contribution in [3.63, 3.8) is 0 Å². The van der Waals surface area contributed by atoms with Crippen LogP contribution in [-0.4, -0.2) is 40.2 Å². The van der Waals surface area contributed by atoms with Crippen LogP contribution in [0.3, 0.4) is 0 Å². The summed E-state index contributed by atoms with van der Waals surface area (Å²) in [7, 11) is 0. The molecule has 1 radical (unpaired) electrons. The van der Waals surface area contributed by atoms with Gasteiger partial charge in [-0.05, 0) is 65.0 Å². The van der Waals surface area contributed by atoms with Crippen LogP contribution in [0.4, 0.5) is 0 Å². The van der Waals surface area contributed by atoms with Crippen molar-refractivity contribution < 1.29 is 5.21 Å². The second-order valence-corrected chi connectivity index (χ2v) is 8.16. The lowest BCUT2D eigenvalue weighted by Crippen LogP contribution is -2.68. The minimum absolute atomic E-state index is 0.224. The molecule has 0 aromatic heterocycles. The van der Waals surface area contributed by atoms with Crippen LogP contribution in [0.5, 0.6) is 0 Å². The Morgan fingerprint density at radius 3 is 1.91 bits per heavy atom. The first-order valence-electron chi connectivity index (χ1n) is 10.0. The summed E-state index contributed by atoms with van der Waals surface area (Å²) < 4.78 is 0. The Balaban J connectivity index is 3.09. The largest absolute Gasteiger partial charge is 0.300 e. The molecule has 3 heteroatoms. The van der Waals surface area contributed by atoms with E-state index >= 15 is 0 Å². The van der Waals surface area contributed by atoms with Crippen LogP contribution in [-0.2, 0) is 5.21 Å². The van der Waals surface area contributed by atoms with E-state index < -0.39 is 0 Å². The Hall–Kier alpha value is -0.120. The molecular formula is C20H41N2O. The van der Waals surface area contributed by atoms with E-state index in [1.807, 2.05) is 0 Å². The minimum Gasteiger partial charge on any atom is -0.300 e. The lowest BCUT2D eigenvalue weighted by molar-refractivity contribution is -0.319. The summed E-state index contributed by atoms with van der Waals surface area (Å²) in [5.74, 6) is 0.415. The van der Waals surface area contributed by atoms with Gasteiger partial charge in [-0.15, -0.1) is 10.3 Å². The van der Waals surface area contributed by atoms with Gasteiger partial charge in [-0.3, -0.25) is 4.90 Å². The van der Waals surface area contributed by atoms with Gasteiger partial charge in [0.05, 0.1) is 5.54 Å². The molecule has 1 aliphatic rings. The van der Waals surface area contributed by atoms with E-state index in [0.717, 1.165) is 19.3 Å². The van der Waals surface area contributed by atoms with Crippen molar-refractivity contribution in [3.8, 4) is 0 Å². The normalized spacial score (nSPS) is 35.9. The van der Waals surface area contributed by atoms with Crippen molar-refractivity contribution in [2.24, 2.45) is 5.92 Å². The molecule has 0 bridgehead atoms. The highest BCUT2D eigenvalue weighted by molar-refractivity contribution is 5.06. The zero-order valence-corrected chi connectivity index (χ0v) is 16.8. The molecule has 0 saturated carbocycles. The van der Waals surface area contributed by atoms with Crippen molar-refractivity contribution in [2.75, 3.05) is 13.1 Å². The van der Waals surface area contributed by atoms with Crippen molar-refractivity contribution in [1.29, 1.82) is 0 Å². The second kappa shape index (κ2) is 8.82. The maximum Gasteiger partial charge on any atom is 0.0509 e. The van der Waals surface area contributed by atoms with Gasteiger partial charge in [0.2, 0.25) is 0 Å². The predicted molar refractivity (Wildman–Crippen MR) is 98.9 cm³/mol. The maximum atomic E-state index is 13.1. The summed E-state index contributed by atoms with van der Waals surface area (Å²) >= 11 is 0. The average Bonchev–Trinajstić information content (AvgIpc) is 2.57. The third-order valence-electron chi connectivity index (χ3n) is 6.71. The molecule has 3 nitrogen and oxygen atoms in total. The van der Waals surface area contributed by atoms with Crippen LogP contribution < -0.4 is 0 Å². The number of hydrogen-bond acceptors (Lipinski definition) is 2. The molecular weight excluding hydrogens is 284 g/mol. The summed E-state index contributed by atoms with van der Waals surface area (Å²) in [5, 5.41) is 14.6. The highest BCUT2D eigenvalue weighted by Crippen LogP contribution is 2.46. The topological polar surface area (TPSA) is 26.4 Å². The zero-order valence-electron chi connectivity index (χ0n) is 16.8. The Morgan fingerprint density at radius 1 is 1.00 bits per heavy atom. The van der Waals surface area contributed by atoms with Gasteiger partial charge < -0.3 is 0 Å². The molecule has 4 unspecified atom stereocenters. The molecule has 1 saturated heterocycles. The van der Waals surface area contributed by atoms with Crippen LogP contribution in [0.2, 0.25) is 0 Å². The van der Waals surface area contributed by atoms with Gasteiger partial charge in [-0.25, -0.2) is 0 Å². The van der Waals surface area contributed by atoms with Crippen LogP contribution in [0.15, 0.2) is 0 Å². The van der Waals surface area contributed by atoms with E-state index in [4.69, 9.17) is 0 Å². The third kappa shape index (κ3) is 4.29. The first-order chi connectivity index (χ1) is 10.8. The van der Waals surface area contributed by atoms with Gasteiger partial charge in [0.1, 0.15) is 0 Å². The fraction of sp³-hybridized carbons (Fsp3) is 1.00. The number of hydroxylamine groups is 2. The number of hydrogen-bond donors (Lipinski definition) is 0. The van der Waals surface area contributed by atoms with E-state index in [0.29, 0.717) is 12.0 Å². The summed E-state index contributed by atoms with van der Waals surface area (Å²) in [4.78, 5) is 2.71. The standard InChI is InChI=1S/C20H41N2O/c1-8-12-14-21(15-13-9-2)18-16-19(6,10-3)22(23)20(7,11-4)17(18)5/h17-18H,8-16H2,1-7H3. The SMILES string of the molecule is CCCCN(CCCC)C1CC(C)(CC)N([O])C(C)(CC)C1C. The van der Waals surface area contributed by atoms with Crippen LogP contribution >= 0.6 is 0 Å². The molecule has 0 N–H and O–H groups in total. The van der Waals surface area contributed by atoms with E-state index in [9.17, 15) is 5.21 Å². The van der Waals surface area contributed by atoms with Crippen molar-refractivity contribution in [2.45, 2.75) is 111 Å². The monoisotopic (exact) mass is 325 g/mol. The fourth-order valence-electron chi connectivity index (χ4n) is 4.29. The van der Waals surface area contributed by atoms with E-state index in [1.54, 1.807) is 0 Å². The Labute approximate surface area is 145 Å². The molecule has 1 rings (SSSR count). The molecule has 23 heavy (non-hydrogen) atoms. The first-order valence-corrected chi connectivity index (χ1v) is 10.0. The highest BCUT2D eigenvalue weighted by Gasteiger charge is 2.54. The van der Waals surface area contributed by atoms with Gasteiger partial charge in [-0.2, -0.15) is 0 Å². The number of unbranched alkanes of at least 4 members (excludes halogenated alkanes) is 2. The van der Waals surface area contributed by atoms with Gasteiger partial charge in [0, 0.05) is 11.6 Å². The minimum atomic E-state index is -0.246. The van der Waals surface area contributed by atoms with Gasteiger partial charge in [0.15, 0.2) is 0 Å². The van der Waals surface area contributed by atoms with Crippen LogP contribution in [0.1, 0.15) is 93.4 Å². The third-order valence-corrected chi connectivity index (χ3v) is 6.71. The van der Waals surface area contributed by atoms with Crippen molar-refractivity contribution >= 4 is 0 Å². The van der Waals surface area contributed by atoms with E-state index in [2.05, 4.69) is 53.4 Å². The van der Waals surface area contributed by atoms with Crippen molar-refractivity contribution in [3.05, 3.63) is 0 Å². The number of rotatable bonds is 9. The quantitative estimate of drug-likeness (QED) is 0.576. The molecule has 0 aliphatic carbocycles. The average molecular weight is 326 g/mol. The molecule has 1 fully saturated rings. The molecule has 0 amide bonds. The Kier molecular flexibility index (Phi) is 8.03. The number of nitrogens with zero attached hydrogens (tertiary/aromatic N) is 2. The van der Waals surface area contributed by atoms with Crippen molar-refractivity contribution in [1.82, 2.24) is 9.96 Å². The summed E-state index contributed by atoms with van der Waals surface area (Å²) in [5.41, 5.74) is -0.469. The molecule has 137 valence electrons. The summed E-state index contributed by atoms with van der Waals surface area (Å²) in [6.45, 7) is 18.0. The lowest BCUT2D eigenvalue weighted by Gasteiger charge is -2.58. The van der Waals surface area contributed by atoms with Gasteiger partial charge >= 0.3 is 0 Å². The molecule has 1 heterocycles.